The van der Waals surface area contributed by atoms with Gasteiger partial charge >= 0.3 is 0 Å². The predicted molar refractivity (Wildman–Crippen MR) is 144 cm³/mol. The number of anilines is 3. The largest absolute Gasteiger partial charge is 0.495 e. The molecule has 11 heteroatoms. The number of hydrogen-bond acceptors (Lipinski definition) is 10. The van der Waals surface area contributed by atoms with Crippen LogP contribution in [-0.2, 0) is 9.53 Å². The summed E-state index contributed by atoms with van der Waals surface area (Å²) in [7, 11) is 1.65. The SMILES string of the molecule is COc1cc(Nc2nccc(-c3ccc(OC4CCN(C(=O)CO)C4)c(C#N)c3)n2)ccc1N1CCOCC1. The predicted octanol–water partition coefficient (Wildman–Crippen LogP) is 2.58. The lowest BCUT2D eigenvalue weighted by molar-refractivity contribution is -0.133. The Morgan fingerprint density at radius 1 is 1.18 bits per heavy atom. The van der Waals surface area contributed by atoms with E-state index in [1.807, 2.05) is 24.3 Å². The Morgan fingerprint density at radius 3 is 2.79 bits per heavy atom. The van der Waals surface area contributed by atoms with Crippen LogP contribution in [0, 0.1) is 11.3 Å². The number of nitrogens with one attached hydrogen (secondary N) is 1. The molecule has 202 valence electrons. The standard InChI is InChI=1S/C28H30N6O5/c1-37-26-15-21(3-4-24(26)33-10-12-38-13-11-33)31-28-30-8-6-23(32-28)19-2-5-25(20(14-19)16-29)39-22-7-9-34(17-22)27(36)18-35/h2-6,8,14-15,22,35H,7,9-13,17-18H2,1H3,(H,30,31,32). The Hall–Kier alpha value is -4.40. The van der Waals surface area contributed by atoms with Crippen LogP contribution in [0.1, 0.15) is 12.0 Å². The molecule has 2 fully saturated rings. The molecule has 3 aromatic rings. The molecule has 2 aromatic carbocycles. The molecular weight excluding hydrogens is 500 g/mol. The van der Waals surface area contributed by atoms with Crippen molar-refractivity contribution < 1.29 is 24.1 Å². The van der Waals surface area contributed by atoms with Gasteiger partial charge in [0.25, 0.3) is 0 Å². The first kappa shape index (κ1) is 26.2. The molecule has 1 unspecified atom stereocenters. The van der Waals surface area contributed by atoms with Crippen molar-refractivity contribution in [1.82, 2.24) is 14.9 Å². The molecule has 2 aliphatic rings. The highest BCUT2D eigenvalue weighted by Crippen LogP contribution is 2.33. The quantitative estimate of drug-likeness (QED) is 0.448. The summed E-state index contributed by atoms with van der Waals surface area (Å²) < 4.78 is 17.1. The van der Waals surface area contributed by atoms with Crippen LogP contribution in [0.5, 0.6) is 11.5 Å². The summed E-state index contributed by atoms with van der Waals surface area (Å²) >= 11 is 0. The fourth-order valence-corrected chi connectivity index (χ4v) is 4.74. The smallest absolute Gasteiger partial charge is 0.248 e. The average molecular weight is 531 g/mol. The van der Waals surface area contributed by atoms with E-state index in [0.29, 0.717) is 55.7 Å². The molecule has 2 saturated heterocycles. The van der Waals surface area contributed by atoms with E-state index in [1.54, 1.807) is 36.4 Å². The Bertz CT molecular complexity index is 1370. The molecule has 1 atom stereocenters. The van der Waals surface area contributed by atoms with Gasteiger partial charge in [0.2, 0.25) is 11.9 Å². The van der Waals surface area contributed by atoms with E-state index in [-0.39, 0.29) is 12.0 Å². The van der Waals surface area contributed by atoms with Crippen LogP contribution >= 0.6 is 0 Å². The Morgan fingerprint density at radius 2 is 2.03 bits per heavy atom. The van der Waals surface area contributed by atoms with Gasteiger partial charge in [-0.25, -0.2) is 9.97 Å². The molecule has 0 bridgehead atoms. The minimum Gasteiger partial charge on any atom is -0.495 e. The number of aliphatic hydroxyl groups excluding tert-OH is 1. The number of likely N-dealkylation sites (tertiary alicyclic amines) is 1. The number of morpholine rings is 1. The molecule has 1 aromatic heterocycles. The van der Waals surface area contributed by atoms with Gasteiger partial charge in [0.15, 0.2) is 0 Å². The highest BCUT2D eigenvalue weighted by atomic mass is 16.5. The van der Waals surface area contributed by atoms with Gasteiger partial charge in [-0.1, -0.05) is 0 Å². The number of carbonyl (C=O) groups excluding carboxylic acids is 1. The van der Waals surface area contributed by atoms with Crippen LogP contribution in [0.4, 0.5) is 17.3 Å². The Kier molecular flexibility index (Phi) is 8.05. The van der Waals surface area contributed by atoms with Crippen molar-refractivity contribution >= 4 is 23.2 Å². The zero-order valence-corrected chi connectivity index (χ0v) is 21.7. The monoisotopic (exact) mass is 530 g/mol. The second kappa shape index (κ2) is 12.0. The second-order valence-corrected chi connectivity index (χ2v) is 9.23. The molecule has 1 amide bonds. The van der Waals surface area contributed by atoms with E-state index in [9.17, 15) is 10.1 Å². The first-order valence-corrected chi connectivity index (χ1v) is 12.8. The normalized spacial score (nSPS) is 17.0. The average Bonchev–Trinajstić information content (AvgIpc) is 3.46. The Labute approximate surface area is 226 Å². The maximum absolute atomic E-state index is 11.7. The summed E-state index contributed by atoms with van der Waals surface area (Å²) in [6.07, 6.45) is 2.06. The first-order chi connectivity index (χ1) is 19.1. The second-order valence-electron chi connectivity index (χ2n) is 9.23. The van der Waals surface area contributed by atoms with Crippen LogP contribution in [0.15, 0.2) is 48.7 Å². The van der Waals surface area contributed by atoms with Crippen molar-refractivity contribution in [1.29, 1.82) is 5.26 Å². The van der Waals surface area contributed by atoms with Crippen molar-refractivity contribution in [3.05, 3.63) is 54.2 Å². The fraction of sp³-hybridized carbons (Fsp3) is 0.357. The molecule has 3 heterocycles. The third kappa shape index (κ3) is 6.03. The summed E-state index contributed by atoms with van der Waals surface area (Å²) in [6.45, 7) is 3.38. The van der Waals surface area contributed by atoms with Crippen LogP contribution in [0.25, 0.3) is 11.3 Å². The van der Waals surface area contributed by atoms with Crippen molar-refractivity contribution in [2.75, 3.05) is 63.3 Å². The van der Waals surface area contributed by atoms with Crippen LogP contribution in [0.3, 0.4) is 0 Å². The van der Waals surface area contributed by atoms with E-state index >= 15 is 0 Å². The maximum Gasteiger partial charge on any atom is 0.248 e. The van der Waals surface area contributed by atoms with Gasteiger partial charge in [0, 0.05) is 49.6 Å². The Balaban J connectivity index is 1.30. The number of rotatable bonds is 8. The highest BCUT2D eigenvalue weighted by molar-refractivity contribution is 5.77. The lowest BCUT2D eigenvalue weighted by Crippen LogP contribution is -2.36. The topological polar surface area (TPSA) is 133 Å². The van der Waals surface area contributed by atoms with Gasteiger partial charge in [0.05, 0.1) is 43.8 Å². The minimum absolute atomic E-state index is 0.236. The fourth-order valence-electron chi connectivity index (χ4n) is 4.74. The van der Waals surface area contributed by atoms with Gasteiger partial charge in [-0.3, -0.25) is 4.79 Å². The van der Waals surface area contributed by atoms with Crippen LogP contribution in [0.2, 0.25) is 0 Å². The third-order valence-corrected chi connectivity index (χ3v) is 6.77. The van der Waals surface area contributed by atoms with Gasteiger partial charge in [0.1, 0.15) is 30.3 Å². The lowest BCUT2D eigenvalue weighted by Gasteiger charge is -2.30. The molecule has 0 aliphatic carbocycles. The minimum atomic E-state index is -0.520. The number of aliphatic hydroxyl groups is 1. The number of ether oxygens (including phenoxy) is 3. The number of benzene rings is 2. The first-order valence-electron chi connectivity index (χ1n) is 12.8. The summed E-state index contributed by atoms with van der Waals surface area (Å²) in [5.74, 6) is 1.28. The van der Waals surface area contributed by atoms with E-state index in [0.717, 1.165) is 35.8 Å². The molecule has 0 radical (unpaired) electrons. The third-order valence-electron chi connectivity index (χ3n) is 6.77. The number of nitrogens with zero attached hydrogens (tertiary/aromatic N) is 5. The molecule has 2 N–H and O–H groups in total. The number of carbonyl (C=O) groups is 1. The molecule has 5 rings (SSSR count). The van der Waals surface area contributed by atoms with E-state index in [2.05, 4.69) is 26.3 Å². The van der Waals surface area contributed by atoms with Gasteiger partial charge in [-0.2, -0.15) is 5.26 Å². The summed E-state index contributed by atoms with van der Waals surface area (Å²) in [4.78, 5) is 24.5. The molecule has 2 aliphatic heterocycles. The van der Waals surface area contributed by atoms with Crippen molar-refractivity contribution in [3.63, 3.8) is 0 Å². The van der Waals surface area contributed by atoms with Gasteiger partial charge < -0.3 is 34.4 Å². The van der Waals surface area contributed by atoms with Crippen LogP contribution < -0.4 is 19.7 Å². The van der Waals surface area contributed by atoms with Crippen molar-refractivity contribution in [2.45, 2.75) is 12.5 Å². The number of hydrogen-bond donors (Lipinski definition) is 2. The number of amides is 1. The van der Waals surface area contributed by atoms with Gasteiger partial charge in [-0.15, -0.1) is 0 Å². The van der Waals surface area contributed by atoms with E-state index < -0.39 is 6.61 Å². The molecule has 0 saturated carbocycles. The van der Waals surface area contributed by atoms with Crippen molar-refractivity contribution in [2.24, 2.45) is 0 Å². The van der Waals surface area contributed by atoms with Crippen LogP contribution in [-0.4, -0.2) is 85.1 Å². The maximum atomic E-state index is 11.7. The summed E-state index contributed by atoms with van der Waals surface area (Å²) in [5.41, 5.74) is 3.56. The zero-order valence-electron chi connectivity index (χ0n) is 21.7. The lowest BCUT2D eigenvalue weighted by atomic mass is 10.1. The summed E-state index contributed by atoms with van der Waals surface area (Å²) in [5, 5.41) is 22.1. The van der Waals surface area contributed by atoms with Crippen molar-refractivity contribution in [3.8, 4) is 28.8 Å². The number of methoxy groups -OCH3 is 1. The zero-order chi connectivity index (χ0) is 27.2. The number of aromatic nitrogens is 2. The number of nitriles is 1. The summed E-state index contributed by atoms with van der Waals surface area (Å²) in [6, 6.07) is 15.2. The van der Waals surface area contributed by atoms with E-state index in [4.69, 9.17) is 19.3 Å². The highest BCUT2D eigenvalue weighted by Gasteiger charge is 2.27. The molecule has 11 nitrogen and oxygen atoms in total. The molecule has 39 heavy (non-hydrogen) atoms. The molecule has 0 spiro atoms. The van der Waals surface area contributed by atoms with Gasteiger partial charge in [-0.05, 0) is 36.4 Å². The molecular formula is C28H30N6O5. The van der Waals surface area contributed by atoms with E-state index in [1.165, 1.54) is 0 Å².